The molecule has 1 aromatic heterocycles. The summed E-state index contributed by atoms with van der Waals surface area (Å²) in [4.78, 5) is 7.55. The van der Waals surface area contributed by atoms with Crippen LogP contribution in [0, 0.1) is 0 Å². The van der Waals surface area contributed by atoms with Crippen molar-refractivity contribution in [2.45, 2.75) is 12.8 Å². The molecule has 1 heterocycles. The Morgan fingerprint density at radius 2 is 1.56 bits per heavy atom. The zero-order chi connectivity index (χ0) is 17.7. The molecule has 7 heteroatoms. The quantitative estimate of drug-likeness (QED) is 0.720. The Labute approximate surface area is 142 Å². The number of hydrogen-bond acceptors (Lipinski definition) is 4. The van der Waals surface area contributed by atoms with Crippen LogP contribution in [0.4, 0.5) is 24.7 Å². The lowest BCUT2D eigenvalue weighted by molar-refractivity contribution is -0.137. The van der Waals surface area contributed by atoms with Crippen molar-refractivity contribution in [3.8, 4) is 6.01 Å². The highest BCUT2D eigenvalue weighted by Crippen LogP contribution is 2.35. The van der Waals surface area contributed by atoms with Crippen LogP contribution in [0.5, 0.6) is 6.01 Å². The van der Waals surface area contributed by atoms with Crippen LogP contribution in [0.25, 0.3) is 0 Å². The molecule has 0 atom stereocenters. The minimum absolute atomic E-state index is 0.129. The zero-order valence-corrected chi connectivity index (χ0v) is 13.0. The van der Waals surface area contributed by atoms with Crippen LogP contribution in [0.3, 0.4) is 0 Å². The summed E-state index contributed by atoms with van der Waals surface area (Å²) in [5.74, 6) is -0.350. The number of nitrogens with zero attached hydrogens (tertiary/aromatic N) is 2. The van der Waals surface area contributed by atoms with Crippen molar-refractivity contribution in [3.63, 3.8) is 0 Å². The minimum atomic E-state index is -4.57. The number of benzene rings is 2. The largest absolute Gasteiger partial charge is 0.459 e. The summed E-state index contributed by atoms with van der Waals surface area (Å²) in [6, 6.07) is 17.6. The van der Waals surface area contributed by atoms with Crippen LogP contribution < -0.4 is 10.1 Å². The molecule has 0 unspecified atom stereocenters. The summed E-state index contributed by atoms with van der Waals surface area (Å²) in [5.41, 5.74) is 0.396. The number of rotatable bonds is 5. The number of anilines is 2. The number of aromatic nitrogens is 2. The third-order valence-electron chi connectivity index (χ3n) is 3.32. The molecule has 0 fully saturated rings. The first kappa shape index (κ1) is 16.8. The lowest BCUT2D eigenvalue weighted by Crippen LogP contribution is -2.12. The van der Waals surface area contributed by atoms with Gasteiger partial charge in [-0.2, -0.15) is 18.2 Å². The van der Waals surface area contributed by atoms with Gasteiger partial charge in [0.1, 0.15) is 18.0 Å². The lowest BCUT2D eigenvalue weighted by Gasteiger charge is -2.14. The van der Waals surface area contributed by atoms with Gasteiger partial charge in [0.2, 0.25) is 0 Å². The van der Waals surface area contributed by atoms with Crippen molar-refractivity contribution in [2.75, 3.05) is 5.32 Å². The van der Waals surface area contributed by atoms with Gasteiger partial charge >= 0.3 is 12.2 Å². The summed E-state index contributed by atoms with van der Waals surface area (Å²) in [6.07, 6.45) is -3.85. The van der Waals surface area contributed by atoms with E-state index in [-0.39, 0.29) is 18.4 Å². The van der Waals surface area contributed by atoms with Gasteiger partial charge in [-0.05, 0) is 17.7 Å². The summed E-state index contributed by atoms with van der Waals surface area (Å²) in [6.45, 7) is 0.164. The van der Waals surface area contributed by atoms with Gasteiger partial charge in [0.05, 0.1) is 0 Å². The minimum Gasteiger partial charge on any atom is -0.459 e. The summed E-state index contributed by atoms with van der Waals surface area (Å²) in [5, 5.41) is 2.67. The first-order chi connectivity index (χ1) is 12.0. The SMILES string of the molecule is FC(F)(F)c1cnc(OCc2ccccc2)nc1Nc1ccccc1. The molecule has 3 aromatic rings. The van der Waals surface area contributed by atoms with Gasteiger partial charge in [-0.25, -0.2) is 4.98 Å². The Morgan fingerprint density at radius 1 is 0.920 bits per heavy atom. The van der Waals surface area contributed by atoms with Crippen molar-refractivity contribution in [1.29, 1.82) is 0 Å². The molecule has 0 aliphatic rings. The molecule has 0 aliphatic carbocycles. The first-order valence-corrected chi connectivity index (χ1v) is 7.45. The van der Waals surface area contributed by atoms with E-state index in [2.05, 4.69) is 15.3 Å². The van der Waals surface area contributed by atoms with Crippen LogP contribution in [0.15, 0.2) is 66.9 Å². The Bertz CT molecular complexity index is 824. The fraction of sp³-hybridized carbons (Fsp3) is 0.111. The Balaban J connectivity index is 1.84. The van der Waals surface area contributed by atoms with Gasteiger partial charge in [0, 0.05) is 11.9 Å². The van der Waals surface area contributed by atoms with E-state index in [0.29, 0.717) is 5.69 Å². The molecule has 0 amide bonds. The van der Waals surface area contributed by atoms with Crippen LogP contribution >= 0.6 is 0 Å². The highest BCUT2D eigenvalue weighted by Gasteiger charge is 2.35. The average molecular weight is 345 g/mol. The van der Waals surface area contributed by atoms with Gasteiger partial charge in [-0.3, -0.25) is 0 Å². The van der Waals surface area contributed by atoms with E-state index in [4.69, 9.17) is 4.74 Å². The maximum atomic E-state index is 13.2. The number of halogens is 3. The van der Waals surface area contributed by atoms with Gasteiger partial charge < -0.3 is 10.1 Å². The van der Waals surface area contributed by atoms with Crippen molar-refractivity contribution >= 4 is 11.5 Å². The maximum Gasteiger partial charge on any atom is 0.421 e. The molecule has 0 saturated heterocycles. The van der Waals surface area contributed by atoms with Crippen molar-refractivity contribution < 1.29 is 17.9 Å². The van der Waals surface area contributed by atoms with Crippen LogP contribution in [0.2, 0.25) is 0 Å². The van der Waals surface area contributed by atoms with Gasteiger partial charge in [0.25, 0.3) is 0 Å². The molecule has 0 aliphatic heterocycles. The van der Waals surface area contributed by atoms with Gasteiger partial charge in [0.15, 0.2) is 0 Å². The highest BCUT2D eigenvalue weighted by atomic mass is 19.4. The third-order valence-corrected chi connectivity index (χ3v) is 3.32. The molecule has 4 nitrogen and oxygen atoms in total. The predicted molar refractivity (Wildman–Crippen MR) is 87.5 cm³/mol. The van der Waals surface area contributed by atoms with Crippen LogP contribution in [-0.2, 0) is 12.8 Å². The fourth-order valence-electron chi connectivity index (χ4n) is 2.12. The second-order valence-electron chi connectivity index (χ2n) is 5.18. The second kappa shape index (κ2) is 7.21. The molecule has 25 heavy (non-hydrogen) atoms. The van der Waals surface area contributed by atoms with E-state index in [0.717, 1.165) is 11.8 Å². The number of hydrogen-bond donors (Lipinski definition) is 1. The normalized spacial score (nSPS) is 11.2. The molecule has 0 spiro atoms. The van der Waals surface area contributed by atoms with E-state index >= 15 is 0 Å². The number of alkyl halides is 3. The molecular formula is C18H14F3N3O. The Hall–Kier alpha value is -3.09. The number of para-hydroxylation sites is 1. The van der Waals surface area contributed by atoms with E-state index in [1.54, 1.807) is 30.3 Å². The molecule has 2 aromatic carbocycles. The first-order valence-electron chi connectivity index (χ1n) is 7.45. The van der Waals surface area contributed by atoms with Gasteiger partial charge in [-0.1, -0.05) is 48.5 Å². The predicted octanol–water partition coefficient (Wildman–Crippen LogP) is 4.82. The second-order valence-corrected chi connectivity index (χ2v) is 5.18. The molecule has 0 radical (unpaired) electrons. The molecule has 0 saturated carbocycles. The standard InChI is InChI=1S/C18H14F3N3O/c19-18(20,21)15-11-22-17(25-12-13-7-3-1-4-8-13)24-16(15)23-14-9-5-2-6-10-14/h1-11H,12H2,(H,22,23,24). The van der Waals surface area contributed by atoms with E-state index in [1.807, 2.05) is 30.3 Å². The van der Waals surface area contributed by atoms with E-state index in [1.165, 1.54) is 0 Å². The highest BCUT2D eigenvalue weighted by molar-refractivity contribution is 5.59. The summed E-state index contributed by atoms with van der Waals surface area (Å²) in [7, 11) is 0. The molecule has 1 N–H and O–H groups in total. The molecular weight excluding hydrogens is 331 g/mol. The maximum absolute atomic E-state index is 13.2. The van der Waals surface area contributed by atoms with Gasteiger partial charge in [-0.15, -0.1) is 0 Å². The molecule has 0 bridgehead atoms. The van der Waals surface area contributed by atoms with E-state index in [9.17, 15) is 13.2 Å². The van der Waals surface area contributed by atoms with Crippen molar-refractivity contribution in [1.82, 2.24) is 9.97 Å². The number of ether oxygens (including phenoxy) is 1. The summed E-state index contributed by atoms with van der Waals surface area (Å²) < 4.78 is 44.9. The Kier molecular flexibility index (Phi) is 4.83. The monoisotopic (exact) mass is 345 g/mol. The topological polar surface area (TPSA) is 47.0 Å². The lowest BCUT2D eigenvalue weighted by atomic mass is 10.2. The smallest absolute Gasteiger partial charge is 0.421 e. The van der Waals surface area contributed by atoms with Crippen molar-refractivity contribution in [3.05, 3.63) is 78.0 Å². The Morgan fingerprint density at radius 3 is 2.20 bits per heavy atom. The number of nitrogens with one attached hydrogen (secondary N) is 1. The fourth-order valence-corrected chi connectivity index (χ4v) is 2.12. The van der Waals surface area contributed by atoms with Crippen LogP contribution in [-0.4, -0.2) is 9.97 Å². The van der Waals surface area contributed by atoms with E-state index < -0.39 is 11.7 Å². The van der Waals surface area contributed by atoms with Crippen molar-refractivity contribution in [2.24, 2.45) is 0 Å². The molecule has 3 rings (SSSR count). The summed E-state index contributed by atoms with van der Waals surface area (Å²) >= 11 is 0. The van der Waals surface area contributed by atoms with Crippen LogP contribution in [0.1, 0.15) is 11.1 Å². The molecule has 128 valence electrons. The third kappa shape index (κ3) is 4.47. The zero-order valence-electron chi connectivity index (χ0n) is 13.0. The average Bonchev–Trinajstić information content (AvgIpc) is 2.61.